The highest BCUT2D eigenvalue weighted by molar-refractivity contribution is 6.67. The van der Waals surface area contributed by atoms with E-state index >= 15 is 0 Å². The molecule has 0 heterocycles. The van der Waals surface area contributed by atoms with Crippen LogP contribution < -0.4 is 20.5 Å². The van der Waals surface area contributed by atoms with Crippen molar-refractivity contribution in [1.29, 1.82) is 0 Å². The molecular formula is C60H43Cl7F6N2O8. The van der Waals surface area contributed by atoms with E-state index in [-0.39, 0.29) is 81.7 Å². The van der Waals surface area contributed by atoms with Crippen molar-refractivity contribution >= 4 is 115 Å². The number of nitrogens with one attached hydrogen (secondary N) is 1. The molecule has 0 aliphatic rings. The normalized spacial score (nSPS) is 12.7. The zero-order chi connectivity index (χ0) is 61.2. The summed E-state index contributed by atoms with van der Waals surface area (Å²) >= 11 is 41.9. The van der Waals surface area contributed by atoms with E-state index in [2.05, 4.69) is 5.32 Å². The van der Waals surface area contributed by atoms with Crippen LogP contribution >= 0.6 is 81.2 Å². The lowest BCUT2D eigenvalue weighted by Crippen LogP contribution is -2.43. The van der Waals surface area contributed by atoms with Crippen molar-refractivity contribution in [3.63, 3.8) is 0 Å². The van der Waals surface area contributed by atoms with Crippen LogP contribution in [0, 0.1) is 0 Å². The van der Waals surface area contributed by atoms with E-state index in [9.17, 15) is 55.7 Å². The fraction of sp³-hybridized carbons (Fsp3) is 0.133. The van der Waals surface area contributed by atoms with Crippen LogP contribution in [-0.4, -0.2) is 59.5 Å². The summed E-state index contributed by atoms with van der Waals surface area (Å²) < 4.78 is 95.4. The largest absolute Gasteiger partial charge is 0.494 e. The standard InChI is InChI=1S/C30H21Cl3F3NO4.C23H17Cl3F3NO3.C7H5ClO/c1-41-27-21(8-5-9-25(27)37-28(39)17-6-3-2-4-7-17)26(38)16-22-23(32)14-19(15-24(22)33)29(40,30(34,35)36)18-10-12-20(31)13-11-18;1-33-21-15(3-2-4-19(21)30)20(31)11-16-17(25)9-13(10-18(16)26)22(32,23(27,28)29)12-5-7-14(24)8-6-12;8-7(9)6-4-2-1-3-5-6/h2-15,40H,16H2,1H3,(H,37,39);2-10,32H,11,30H2,1H3;1-5H. The number of carbonyl (C=O) groups excluding carboxylic acids is 4. The topological polar surface area (TPSA) is 165 Å². The van der Waals surface area contributed by atoms with Gasteiger partial charge in [0.1, 0.15) is 0 Å². The number of ketones is 2. The maximum absolute atomic E-state index is 14.2. The molecule has 1 amide bonds. The van der Waals surface area contributed by atoms with Crippen LogP contribution in [0.2, 0.25) is 30.1 Å². The number of rotatable bonds is 15. The molecule has 2 unspecified atom stereocenters. The molecule has 0 fully saturated rings. The van der Waals surface area contributed by atoms with Crippen molar-refractivity contribution in [3.8, 4) is 11.5 Å². The van der Waals surface area contributed by atoms with Crippen molar-refractivity contribution in [2.24, 2.45) is 0 Å². The molecule has 0 aliphatic heterocycles. The fourth-order valence-corrected chi connectivity index (χ4v) is 9.89. The molecule has 0 spiro atoms. The van der Waals surface area contributed by atoms with Gasteiger partial charge < -0.3 is 30.7 Å². The average molecular weight is 1280 g/mol. The Labute approximate surface area is 506 Å². The summed E-state index contributed by atoms with van der Waals surface area (Å²) in [5, 5.41) is 23.5. The Kier molecular flexibility index (Phi) is 21.8. The number of methoxy groups -OCH3 is 2. The number of nitrogen functional groups attached to an aromatic ring is 1. The molecule has 0 bridgehead atoms. The highest BCUT2D eigenvalue weighted by Gasteiger charge is 2.57. The van der Waals surface area contributed by atoms with E-state index < -0.39 is 74.9 Å². The van der Waals surface area contributed by atoms with Gasteiger partial charge in [-0.05, 0) is 119 Å². The first kappa shape index (κ1) is 65.3. The number of Topliss-reactive ketones (excluding diaryl/α,β-unsaturated/α-hetero) is 2. The predicted molar refractivity (Wildman–Crippen MR) is 311 cm³/mol. The Balaban J connectivity index is 0.000000235. The molecule has 8 rings (SSSR count). The van der Waals surface area contributed by atoms with E-state index in [1.165, 1.54) is 56.7 Å². The fourth-order valence-electron chi connectivity index (χ4n) is 8.27. The quantitative estimate of drug-likeness (QED) is 0.0338. The van der Waals surface area contributed by atoms with Crippen molar-refractivity contribution in [2.45, 2.75) is 36.4 Å². The van der Waals surface area contributed by atoms with Gasteiger partial charge >= 0.3 is 12.4 Å². The van der Waals surface area contributed by atoms with Gasteiger partial charge in [-0.2, -0.15) is 26.3 Å². The van der Waals surface area contributed by atoms with Crippen molar-refractivity contribution in [1.82, 2.24) is 0 Å². The maximum atomic E-state index is 14.2. The van der Waals surface area contributed by atoms with Gasteiger partial charge in [-0.15, -0.1) is 0 Å². The summed E-state index contributed by atoms with van der Waals surface area (Å²) in [5.74, 6) is -1.16. The van der Waals surface area contributed by atoms with Gasteiger partial charge in [0.25, 0.3) is 11.1 Å². The van der Waals surface area contributed by atoms with Crippen LogP contribution in [0.1, 0.15) is 74.8 Å². The van der Waals surface area contributed by atoms with Gasteiger partial charge in [0.05, 0.1) is 36.7 Å². The molecule has 8 aromatic rings. The molecule has 10 nitrogen and oxygen atoms in total. The highest BCUT2D eigenvalue weighted by atomic mass is 35.5. The molecule has 0 radical (unpaired) electrons. The van der Waals surface area contributed by atoms with E-state index in [4.69, 9.17) is 96.4 Å². The molecule has 5 N–H and O–H groups in total. The Morgan fingerprint density at radius 2 is 0.843 bits per heavy atom. The first-order chi connectivity index (χ1) is 39.1. The number of nitrogens with two attached hydrogens (primary N) is 1. The number of ether oxygens (including phenoxy) is 2. The van der Waals surface area contributed by atoms with Crippen LogP contribution in [0.3, 0.4) is 0 Å². The van der Waals surface area contributed by atoms with Crippen molar-refractivity contribution in [3.05, 3.63) is 256 Å². The average Bonchev–Trinajstić information content (AvgIpc) is 3.46. The van der Waals surface area contributed by atoms with Crippen molar-refractivity contribution in [2.75, 3.05) is 25.3 Å². The highest BCUT2D eigenvalue weighted by Crippen LogP contribution is 2.48. The number of amides is 1. The molecule has 2 atom stereocenters. The molecule has 0 aromatic heterocycles. The lowest BCUT2D eigenvalue weighted by atomic mass is 9.85. The molecule has 8 aromatic carbocycles. The number of benzene rings is 8. The molecule has 0 saturated carbocycles. The van der Waals surface area contributed by atoms with Crippen LogP contribution in [0.5, 0.6) is 11.5 Å². The molecular weight excluding hydrogens is 1240 g/mol. The van der Waals surface area contributed by atoms with Gasteiger partial charge in [-0.1, -0.05) is 155 Å². The SMILES string of the molecule is COc1c(N)cccc1C(=O)Cc1c(Cl)cc(C(O)(c2ccc(Cl)cc2)C(F)(F)F)cc1Cl.COc1c(NC(=O)c2ccccc2)cccc1C(=O)Cc1c(Cl)cc(C(O)(c2ccc(Cl)cc2)C(F)(F)F)cc1Cl.O=C(Cl)c1ccccc1. The summed E-state index contributed by atoms with van der Waals surface area (Å²) in [5.41, 5.74) is -1.45. The maximum Gasteiger partial charge on any atom is 0.425 e. The van der Waals surface area contributed by atoms with Crippen LogP contribution in [0.4, 0.5) is 37.7 Å². The number of para-hydroxylation sites is 2. The monoisotopic (exact) mass is 1280 g/mol. The smallest absolute Gasteiger partial charge is 0.425 e. The minimum Gasteiger partial charge on any atom is -0.494 e. The summed E-state index contributed by atoms with van der Waals surface area (Å²) in [7, 11) is 2.68. The van der Waals surface area contributed by atoms with Gasteiger partial charge in [0.15, 0.2) is 23.1 Å². The third-order valence-electron chi connectivity index (χ3n) is 12.5. The zero-order valence-corrected chi connectivity index (χ0v) is 48.2. The third kappa shape index (κ3) is 15.1. The van der Waals surface area contributed by atoms with E-state index in [0.717, 1.165) is 48.5 Å². The van der Waals surface area contributed by atoms with Gasteiger partial charge in [-0.25, -0.2) is 0 Å². The van der Waals surface area contributed by atoms with E-state index in [1.54, 1.807) is 72.8 Å². The molecule has 432 valence electrons. The van der Waals surface area contributed by atoms with Crippen LogP contribution in [0.15, 0.2) is 170 Å². The lowest BCUT2D eigenvalue weighted by Gasteiger charge is -2.32. The van der Waals surface area contributed by atoms with Crippen LogP contribution in [-0.2, 0) is 24.0 Å². The van der Waals surface area contributed by atoms with E-state index in [1.807, 2.05) is 6.07 Å². The van der Waals surface area contributed by atoms with Gasteiger partial charge in [0, 0.05) is 65.2 Å². The molecule has 0 aliphatic carbocycles. The number of aliphatic hydroxyl groups is 2. The van der Waals surface area contributed by atoms with Crippen LogP contribution in [0.25, 0.3) is 0 Å². The number of carbonyl (C=O) groups is 4. The number of hydrogen-bond acceptors (Lipinski definition) is 9. The molecule has 83 heavy (non-hydrogen) atoms. The van der Waals surface area contributed by atoms with Crippen molar-refractivity contribution < 1.29 is 65.2 Å². The number of alkyl halides is 6. The Morgan fingerprint density at radius 3 is 1.19 bits per heavy atom. The van der Waals surface area contributed by atoms with Gasteiger partial charge in [0.2, 0.25) is 11.2 Å². The van der Waals surface area contributed by atoms with Gasteiger partial charge in [-0.3, -0.25) is 19.2 Å². The molecule has 0 saturated heterocycles. The number of hydrogen-bond donors (Lipinski definition) is 4. The summed E-state index contributed by atoms with van der Waals surface area (Å²) in [4.78, 5) is 49.3. The second kappa shape index (κ2) is 27.7. The number of anilines is 2. The third-order valence-corrected chi connectivity index (χ3v) is 14.6. The number of halogens is 13. The Hall–Kier alpha value is -6.83. The predicted octanol–water partition coefficient (Wildman–Crippen LogP) is 16.7. The minimum absolute atomic E-state index is 0.0449. The second-order valence-electron chi connectivity index (χ2n) is 17.7. The Bertz CT molecular complexity index is 3610. The summed E-state index contributed by atoms with van der Waals surface area (Å²) in [6, 6.07) is 39.1. The first-order valence-electron chi connectivity index (χ1n) is 23.9. The summed E-state index contributed by atoms with van der Waals surface area (Å²) in [6.45, 7) is 0. The zero-order valence-electron chi connectivity index (χ0n) is 42.9. The summed E-state index contributed by atoms with van der Waals surface area (Å²) in [6.07, 6.45) is -11.0. The Morgan fingerprint density at radius 1 is 0.482 bits per heavy atom. The molecule has 23 heteroatoms. The minimum atomic E-state index is -5.15. The second-order valence-corrected chi connectivity index (χ2v) is 20.6. The first-order valence-corrected chi connectivity index (χ1v) is 26.6. The van der Waals surface area contributed by atoms with E-state index in [0.29, 0.717) is 11.1 Å². The lowest BCUT2D eigenvalue weighted by molar-refractivity contribution is -0.248.